The molecule has 0 aliphatic rings. The molecule has 0 aliphatic heterocycles. The van der Waals surface area contributed by atoms with Crippen LogP contribution in [0.2, 0.25) is 0 Å². The minimum atomic E-state index is -4.70. The van der Waals surface area contributed by atoms with Crippen molar-refractivity contribution in [3.05, 3.63) is 29.8 Å². The van der Waals surface area contributed by atoms with Crippen molar-refractivity contribution < 1.29 is 22.7 Å². The molecule has 0 fully saturated rings. The Hall–Kier alpha value is -1.52. The van der Waals surface area contributed by atoms with Crippen molar-refractivity contribution in [2.75, 3.05) is 0 Å². The number of hydrogen-bond donors (Lipinski definition) is 0. The van der Waals surface area contributed by atoms with Crippen molar-refractivity contribution in [3.63, 3.8) is 0 Å². The van der Waals surface area contributed by atoms with Crippen LogP contribution in [0.5, 0.6) is 5.75 Å². The standard InChI is InChI=1S/C8H4F3O2/c9-8(10,11)13-7-3-1-6(5-12)2-4-7/h1-4H/q-1. The maximum atomic E-state index is 11.6. The molecule has 0 atom stereocenters. The molecule has 2 nitrogen and oxygen atoms in total. The largest absolute Gasteiger partial charge is 0.573 e. The van der Waals surface area contributed by atoms with Crippen LogP contribution < -0.4 is 4.74 Å². The second-order valence-corrected chi connectivity index (χ2v) is 2.17. The first kappa shape index (κ1) is 9.57. The Morgan fingerprint density at radius 3 is 2.08 bits per heavy atom. The Labute approximate surface area is 71.9 Å². The highest BCUT2D eigenvalue weighted by atomic mass is 19.4. The molecule has 0 saturated heterocycles. The molecule has 0 amide bonds. The van der Waals surface area contributed by atoms with Gasteiger partial charge in [0, 0.05) is 0 Å². The number of ether oxygens (including phenoxy) is 1. The first-order chi connectivity index (χ1) is 6.01. The maximum absolute atomic E-state index is 11.6. The summed E-state index contributed by atoms with van der Waals surface area (Å²) in [6, 6.07) is 4.48. The monoisotopic (exact) mass is 189 g/mol. The van der Waals surface area contributed by atoms with E-state index in [0.717, 1.165) is 12.1 Å². The Morgan fingerprint density at radius 1 is 1.15 bits per heavy atom. The summed E-state index contributed by atoms with van der Waals surface area (Å²) in [6.07, 6.45) is -3.17. The molecule has 1 rings (SSSR count). The number of rotatable bonds is 2. The van der Waals surface area contributed by atoms with Crippen LogP contribution in [0.4, 0.5) is 13.2 Å². The van der Waals surface area contributed by atoms with Crippen LogP contribution in [0.15, 0.2) is 24.3 Å². The highest BCUT2D eigenvalue weighted by molar-refractivity contribution is 5.75. The van der Waals surface area contributed by atoms with Gasteiger partial charge in [0.05, 0.1) is 6.29 Å². The SMILES string of the molecule is O=[C-]c1ccc(OC(F)(F)F)cc1. The summed E-state index contributed by atoms with van der Waals surface area (Å²) in [5.41, 5.74) is 0.175. The van der Waals surface area contributed by atoms with Gasteiger partial charge in [-0.05, 0) is 0 Å². The molecule has 1 aromatic carbocycles. The quantitative estimate of drug-likeness (QED) is 0.665. The zero-order valence-electron chi connectivity index (χ0n) is 6.26. The van der Waals surface area contributed by atoms with Gasteiger partial charge in [0.15, 0.2) is 0 Å². The fourth-order valence-electron chi connectivity index (χ4n) is 0.725. The Bertz CT molecular complexity index is 289. The molecule has 70 valence electrons. The van der Waals surface area contributed by atoms with Gasteiger partial charge in [-0.3, -0.25) is 0 Å². The van der Waals surface area contributed by atoms with Crippen molar-refractivity contribution in [1.82, 2.24) is 0 Å². The van der Waals surface area contributed by atoms with Gasteiger partial charge in [0.1, 0.15) is 5.75 Å². The van der Waals surface area contributed by atoms with E-state index < -0.39 is 6.36 Å². The van der Waals surface area contributed by atoms with E-state index in [2.05, 4.69) is 4.74 Å². The third-order valence-corrected chi connectivity index (χ3v) is 1.21. The number of halogens is 3. The second-order valence-electron chi connectivity index (χ2n) is 2.17. The van der Waals surface area contributed by atoms with E-state index in [9.17, 15) is 18.0 Å². The van der Waals surface area contributed by atoms with Crippen LogP contribution in [0.1, 0.15) is 5.56 Å². The van der Waals surface area contributed by atoms with Gasteiger partial charge in [-0.2, -0.15) is 17.7 Å². The molecule has 0 radical (unpaired) electrons. The summed E-state index contributed by atoms with van der Waals surface area (Å²) in [5.74, 6) is -0.355. The Kier molecular flexibility index (Phi) is 2.55. The van der Waals surface area contributed by atoms with Crippen LogP contribution in [-0.4, -0.2) is 12.6 Å². The van der Waals surface area contributed by atoms with Crippen LogP contribution in [0, 0.1) is 0 Å². The van der Waals surface area contributed by atoms with E-state index in [1.54, 1.807) is 0 Å². The molecule has 0 aliphatic carbocycles. The summed E-state index contributed by atoms with van der Waals surface area (Å²) in [4.78, 5) is 10.0. The number of benzene rings is 1. The normalized spacial score (nSPS) is 11.0. The van der Waals surface area contributed by atoms with E-state index in [1.165, 1.54) is 18.4 Å². The lowest BCUT2D eigenvalue weighted by Gasteiger charge is -2.10. The number of alkyl halides is 3. The van der Waals surface area contributed by atoms with Crippen molar-refractivity contribution in [3.8, 4) is 5.75 Å². The van der Waals surface area contributed by atoms with Gasteiger partial charge in [-0.25, -0.2) is 0 Å². The zero-order valence-corrected chi connectivity index (χ0v) is 6.26. The molecule has 5 heteroatoms. The summed E-state index contributed by atoms with van der Waals surface area (Å²) in [5, 5.41) is 0. The van der Waals surface area contributed by atoms with Gasteiger partial charge in [-0.15, -0.1) is 13.2 Å². The molecular weight excluding hydrogens is 185 g/mol. The molecule has 0 N–H and O–H groups in total. The van der Waals surface area contributed by atoms with Crippen molar-refractivity contribution in [1.29, 1.82) is 0 Å². The third kappa shape index (κ3) is 3.14. The smallest absolute Gasteiger partial charge is 0.408 e. The number of hydrogen-bond acceptors (Lipinski definition) is 2. The fourth-order valence-corrected chi connectivity index (χ4v) is 0.725. The van der Waals surface area contributed by atoms with Gasteiger partial charge in [-0.1, -0.05) is 12.1 Å². The van der Waals surface area contributed by atoms with Crippen molar-refractivity contribution >= 4 is 6.29 Å². The lowest BCUT2D eigenvalue weighted by Crippen LogP contribution is -2.16. The van der Waals surface area contributed by atoms with E-state index in [-0.39, 0.29) is 11.3 Å². The molecule has 0 aromatic heterocycles. The second kappa shape index (κ2) is 3.47. The average Bonchev–Trinajstić information content (AvgIpc) is 2.03. The highest BCUT2D eigenvalue weighted by Crippen LogP contribution is 2.22. The van der Waals surface area contributed by atoms with Crippen LogP contribution in [0.3, 0.4) is 0 Å². The summed E-state index contributed by atoms with van der Waals surface area (Å²) in [6.45, 7) is 0. The van der Waals surface area contributed by atoms with E-state index >= 15 is 0 Å². The van der Waals surface area contributed by atoms with Crippen LogP contribution in [-0.2, 0) is 4.79 Å². The minimum absolute atomic E-state index is 0.175. The predicted octanol–water partition coefficient (Wildman–Crippen LogP) is 2.04. The first-order valence-electron chi connectivity index (χ1n) is 3.25. The lowest BCUT2D eigenvalue weighted by atomic mass is 10.2. The minimum Gasteiger partial charge on any atom is -0.408 e. The summed E-state index contributed by atoms with van der Waals surface area (Å²) in [7, 11) is 0. The molecule has 0 unspecified atom stereocenters. The average molecular weight is 189 g/mol. The van der Waals surface area contributed by atoms with Gasteiger partial charge in [0.25, 0.3) is 0 Å². The third-order valence-electron chi connectivity index (χ3n) is 1.21. The van der Waals surface area contributed by atoms with Crippen molar-refractivity contribution in [2.45, 2.75) is 6.36 Å². The Balaban J connectivity index is 2.75. The molecule has 0 bridgehead atoms. The van der Waals surface area contributed by atoms with E-state index in [4.69, 9.17) is 0 Å². The molecule has 13 heavy (non-hydrogen) atoms. The van der Waals surface area contributed by atoms with Gasteiger partial charge < -0.3 is 9.53 Å². The Morgan fingerprint density at radius 2 is 1.69 bits per heavy atom. The molecular formula is C8H4F3O2-. The maximum Gasteiger partial charge on any atom is 0.573 e. The predicted molar refractivity (Wildman–Crippen MR) is 37.9 cm³/mol. The van der Waals surface area contributed by atoms with Gasteiger partial charge in [0.2, 0.25) is 0 Å². The first-order valence-corrected chi connectivity index (χ1v) is 3.25. The van der Waals surface area contributed by atoms with Gasteiger partial charge >= 0.3 is 6.36 Å². The molecule has 1 aromatic rings. The van der Waals surface area contributed by atoms with Crippen LogP contribution in [0.25, 0.3) is 0 Å². The summed E-state index contributed by atoms with van der Waals surface area (Å²) < 4.78 is 38.4. The van der Waals surface area contributed by atoms with E-state index in [0.29, 0.717) is 0 Å². The zero-order chi connectivity index (χ0) is 9.90. The lowest BCUT2D eigenvalue weighted by molar-refractivity contribution is -0.274. The molecule has 0 spiro atoms. The fraction of sp³-hybridized carbons (Fsp3) is 0.125. The van der Waals surface area contributed by atoms with Crippen molar-refractivity contribution in [2.24, 2.45) is 0 Å². The summed E-state index contributed by atoms with van der Waals surface area (Å²) >= 11 is 0. The van der Waals surface area contributed by atoms with E-state index in [1.807, 2.05) is 0 Å². The topological polar surface area (TPSA) is 26.3 Å². The highest BCUT2D eigenvalue weighted by Gasteiger charge is 2.30. The van der Waals surface area contributed by atoms with Crippen LogP contribution >= 0.6 is 0 Å². The molecule has 0 heterocycles. The number of carbonyl (C=O) groups excluding carboxylic acids is 1. The molecule has 0 saturated carbocycles.